The number of H-pyrrole nitrogens is 1. The smallest absolute Gasteiger partial charge is 0.261 e. The zero-order valence-electron chi connectivity index (χ0n) is 8.96. The van der Waals surface area contributed by atoms with E-state index in [4.69, 9.17) is 10.5 Å². The van der Waals surface area contributed by atoms with E-state index in [1.165, 1.54) is 0 Å². The number of ether oxygens (including phenoxy) is 1. The molecule has 1 rings (SSSR count). The van der Waals surface area contributed by atoms with Crippen LogP contribution in [0.3, 0.4) is 0 Å². The normalized spacial score (nSPS) is 11.2. The Kier molecular flexibility index (Phi) is 5.87. The van der Waals surface area contributed by atoms with E-state index in [1.54, 1.807) is 0 Å². The van der Waals surface area contributed by atoms with Gasteiger partial charge in [0.2, 0.25) is 0 Å². The summed E-state index contributed by atoms with van der Waals surface area (Å²) in [7, 11) is 0. The molecule has 0 spiro atoms. The lowest BCUT2D eigenvalue weighted by Crippen LogP contribution is -2.07. The van der Waals surface area contributed by atoms with Gasteiger partial charge in [-0.05, 0) is 13.0 Å². The first kappa shape index (κ1) is 13.0. The van der Waals surface area contributed by atoms with Crippen molar-refractivity contribution in [2.24, 2.45) is 5.73 Å². The number of rotatable bonds is 8. The largest absolute Gasteiger partial charge is 0.375 e. The summed E-state index contributed by atoms with van der Waals surface area (Å²) < 4.78 is 28.2. The Balaban J connectivity index is 2.19. The summed E-state index contributed by atoms with van der Waals surface area (Å²) in [5.74, 6) is 1.36. The average molecular weight is 234 g/mol. The molecule has 0 unspecified atom stereocenters. The second-order valence-electron chi connectivity index (χ2n) is 3.31. The first-order valence-corrected chi connectivity index (χ1v) is 5.18. The van der Waals surface area contributed by atoms with Crippen LogP contribution in [-0.2, 0) is 17.6 Å². The maximum absolute atomic E-state index is 11.7. The molecule has 5 nitrogen and oxygen atoms in total. The number of hydrogen-bond donors (Lipinski definition) is 2. The zero-order chi connectivity index (χ0) is 11.8. The molecule has 0 saturated heterocycles. The summed E-state index contributed by atoms with van der Waals surface area (Å²) in [5, 5.41) is 6.71. The van der Waals surface area contributed by atoms with Crippen LogP contribution < -0.4 is 5.73 Å². The van der Waals surface area contributed by atoms with E-state index in [1.807, 2.05) is 0 Å². The highest BCUT2D eigenvalue weighted by molar-refractivity contribution is 4.90. The molecule has 0 aliphatic heterocycles. The molecule has 7 heteroatoms. The van der Waals surface area contributed by atoms with Crippen molar-refractivity contribution in [3.05, 3.63) is 11.6 Å². The van der Waals surface area contributed by atoms with E-state index in [0.717, 1.165) is 18.7 Å². The van der Waals surface area contributed by atoms with Crippen LogP contribution in [0, 0.1) is 0 Å². The Labute approximate surface area is 92.4 Å². The van der Waals surface area contributed by atoms with E-state index in [2.05, 4.69) is 15.2 Å². The Bertz CT molecular complexity index is 293. The minimum atomic E-state index is -2.42. The number of hydrogen-bond acceptors (Lipinski definition) is 4. The third-order valence-corrected chi connectivity index (χ3v) is 1.91. The zero-order valence-corrected chi connectivity index (χ0v) is 8.96. The molecule has 1 aromatic rings. The van der Waals surface area contributed by atoms with E-state index >= 15 is 0 Å². The lowest BCUT2D eigenvalue weighted by atomic mass is 10.3. The van der Waals surface area contributed by atoms with Crippen molar-refractivity contribution in [1.29, 1.82) is 0 Å². The molecule has 1 aromatic heterocycles. The monoisotopic (exact) mass is 234 g/mol. The molecule has 0 aliphatic carbocycles. The SMILES string of the molecule is NCCCc1nc(CCOCC(F)F)n[nH]1. The minimum absolute atomic E-state index is 0.207. The second-order valence-corrected chi connectivity index (χ2v) is 3.31. The minimum Gasteiger partial charge on any atom is -0.375 e. The Morgan fingerprint density at radius 3 is 2.88 bits per heavy atom. The predicted molar refractivity (Wildman–Crippen MR) is 54.3 cm³/mol. The van der Waals surface area contributed by atoms with Crippen LogP contribution in [0.5, 0.6) is 0 Å². The fourth-order valence-electron chi connectivity index (χ4n) is 1.16. The first-order chi connectivity index (χ1) is 7.72. The highest BCUT2D eigenvalue weighted by Gasteiger charge is 2.05. The molecule has 0 aliphatic rings. The maximum atomic E-state index is 11.7. The van der Waals surface area contributed by atoms with Crippen LogP contribution in [0.2, 0.25) is 0 Å². The van der Waals surface area contributed by atoms with E-state index in [9.17, 15) is 8.78 Å². The summed E-state index contributed by atoms with van der Waals surface area (Å²) in [6, 6.07) is 0. The van der Waals surface area contributed by atoms with Crippen LogP contribution >= 0.6 is 0 Å². The standard InChI is InChI=1S/C9H16F2N4O/c10-7(11)6-16-5-3-9-13-8(14-15-9)2-1-4-12/h7H,1-6,12H2,(H,13,14,15). The summed E-state index contributed by atoms with van der Waals surface area (Å²) in [6.07, 6.45) is -0.392. The number of aromatic amines is 1. The number of nitrogens with zero attached hydrogens (tertiary/aromatic N) is 2. The highest BCUT2D eigenvalue weighted by atomic mass is 19.3. The topological polar surface area (TPSA) is 76.8 Å². The van der Waals surface area contributed by atoms with Crippen LogP contribution in [0.25, 0.3) is 0 Å². The molecule has 3 N–H and O–H groups in total. The molecule has 1 heterocycles. The predicted octanol–water partition coefficient (Wildman–Crippen LogP) is 0.520. The van der Waals surface area contributed by atoms with Crippen molar-refractivity contribution in [2.45, 2.75) is 25.7 Å². The van der Waals surface area contributed by atoms with Crippen LogP contribution in [0.4, 0.5) is 8.78 Å². The lowest BCUT2D eigenvalue weighted by Gasteiger charge is -2.00. The van der Waals surface area contributed by atoms with Gasteiger partial charge in [0, 0.05) is 12.8 Å². The van der Waals surface area contributed by atoms with Crippen molar-refractivity contribution in [1.82, 2.24) is 15.2 Å². The molecule has 0 saturated carbocycles. The summed E-state index contributed by atoms with van der Waals surface area (Å²) in [5.41, 5.74) is 5.36. The van der Waals surface area contributed by atoms with E-state index in [-0.39, 0.29) is 6.61 Å². The number of halogens is 2. The number of alkyl halides is 2. The Morgan fingerprint density at radius 1 is 1.38 bits per heavy atom. The fraction of sp³-hybridized carbons (Fsp3) is 0.778. The highest BCUT2D eigenvalue weighted by Crippen LogP contribution is 1.98. The van der Waals surface area contributed by atoms with Gasteiger partial charge in [-0.25, -0.2) is 13.8 Å². The van der Waals surface area contributed by atoms with Crippen molar-refractivity contribution in [2.75, 3.05) is 19.8 Å². The number of aryl methyl sites for hydroxylation is 1. The van der Waals surface area contributed by atoms with Gasteiger partial charge in [-0.3, -0.25) is 5.10 Å². The van der Waals surface area contributed by atoms with Gasteiger partial charge in [0.25, 0.3) is 6.43 Å². The van der Waals surface area contributed by atoms with Crippen LogP contribution in [0.15, 0.2) is 0 Å². The van der Waals surface area contributed by atoms with Crippen LogP contribution in [-0.4, -0.2) is 41.4 Å². The molecule has 0 atom stereocenters. The summed E-state index contributed by atoms with van der Waals surface area (Å²) in [4.78, 5) is 4.17. The molecule has 0 amide bonds. The molecule has 92 valence electrons. The van der Waals surface area contributed by atoms with Gasteiger partial charge in [0.15, 0.2) is 5.82 Å². The Morgan fingerprint density at radius 2 is 2.19 bits per heavy atom. The van der Waals surface area contributed by atoms with E-state index in [0.29, 0.717) is 18.8 Å². The van der Waals surface area contributed by atoms with Gasteiger partial charge in [-0.2, -0.15) is 5.10 Å². The van der Waals surface area contributed by atoms with Crippen molar-refractivity contribution in [3.8, 4) is 0 Å². The van der Waals surface area contributed by atoms with Gasteiger partial charge in [0.05, 0.1) is 6.61 Å². The average Bonchev–Trinajstić information content (AvgIpc) is 2.69. The van der Waals surface area contributed by atoms with Gasteiger partial charge in [-0.1, -0.05) is 0 Å². The van der Waals surface area contributed by atoms with Gasteiger partial charge in [0.1, 0.15) is 12.4 Å². The molecule has 0 radical (unpaired) electrons. The first-order valence-electron chi connectivity index (χ1n) is 5.18. The maximum Gasteiger partial charge on any atom is 0.261 e. The fourth-order valence-corrected chi connectivity index (χ4v) is 1.16. The van der Waals surface area contributed by atoms with Gasteiger partial charge >= 0.3 is 0 Å². The molecular formula is C9H16F2N4O. The molecular weight excluding hydrogens is 218 g/mol. The van der Waals surface area contributed by atoms with Crippen molar-refractivity contribution < 1.29 is 13.5 Å². The molecule has 0 fully saturated rings. The summed E-state index contributed by atoms with van der Waals surface area (Å²) in [6.45, 7) is 0.274. The quantitative estimate of drug-likeness (QED) is 0.643. The van der Waals surface area contributed by atoms with Gasteiger partial charge < -0.3 is 10.5 Å². The third kappa shape index (κ3) is 5.13. The number of nitrogens with two attached hydrogens (primary N) is 1. The van der Waals surface area contributed by atoms with Crippen molar-refractivity contribution >= 4 is 0 Å². The number of nitrogens with one attached hydrogen (secondary N) is 1. The molecule has 0 aromatic carbocycles. The van der Waals surface area contributed by atoms with E-state index < -0.39 is 13.0 Å². The summed E-state index contributed by atoms with van der Waals surface area (Å²) >= 11 is 0. The van der Waals surface area contributed by atoms with Gasteiger partial charge in [-0.15, -0.1) is 0 Å². The van der Waals surface area contributed by atoms with Crippen molar-refractivity contribution in [3.63, 3.8) is 0 Å². The lowest BCUT2D eigenvalue weighted by molar-refractivity contribution is 0.0183. The van der Waals surface area contributed by atoms with Crippen LogP contribution in [0.1, 0.15) is 18.1 Å². The molecule has 16 heavy (non-hydrogen) atoms. The Hall–Kier alpha value is -1.08. The molecule has 0 bridgehead atoms. The third-order valence-electron chi connectivity index (χ3n) is 1.91. The second kappa shape index (κ2) is 7.24. The number of aromatic nitrogens is 3.